The minimum Gasteiger partial charge on any atom is -0.491 e. The van der Waals surface area contributed by atoms with Gasteiger partial charge in [0.1, 0.15) is 18.5 Å². The lowest BCUT2D eigenvalue weighted by atomic mass is 10.1. The lowest BCUT2D eigenvalue weighted by molar-refractivity contribution is 0.0205. The Morgan fingerprint density at radius 2 is 1.76 bits per heavy atom. The van der Waals surface area contributed by atoms with Gasteiger partial charge in [0.2, 0.25) is 0 Å². The highest BCUT2D eigenvalue weighted by Gasteiger charge is 2.42. The number of ether oxygens (including phenoxy) is 1. The van der Waals surface area contributed by atoms with Gasteiger partial charge in [0.05, 0.1) is 16.5 Å². The van der Waals surface area contributed by atoms with Gasteiger partial charge in [0.25, 0.3) is 10.0 Å². The van der Waals surface area contributed by atoms with Crippen molar-refractivity contribution in [2.45, 2.75) is 42.8 Å². The lowest BCUT2D eigenvalue weighted by Crippen LogP contribution is -2.59. The fourth-order valence-electron chi connectivity index (χ4n) is 4.52. The summed E-state index contributed by atoms with van der Waals surface area (Å²) in [5.41, 5.74) is 1.47. The largest absolute Gasteiger partial charge is 0.491 e. The number of nitriles is 1. The molecule has 2 aromatic carbocycles. The first-order valence-corrected chi connectivity index (χ1v) is 12.7. The zero-order valence-corrected chi connectivity index (χ0v) is 19.7. The molecule has 0 radical (unpaired) electrons. The highest BCUT2D eigenvalue weighted by Crippen LogP contribution is 2.30. The van der Waals surface area contributed by atoms with Gasteiger partial charge < -0.3 is 14.7 Å². The van der Waals surface area contributed by atoms with Gasteiger partial charge in [-0.1, -0.05) is 17.7 Å². The summed E-state index contributed by atoms with van der Waals surface area (Å²) in [6.45, 7) is 3.17. The number of aliphatic hydroxyl groups excluding tert-OH is 1. The topological polar surface area (TPSA) is 123 Å². The molecule has 3 unspecified atom stereocenters. The summed E-state index contributed by atoms with van der Waals surface area (Å²) in [6.07, 6.45) is 1.03. The van der Waals surface area contributed by atoms with Crippen LogP contribution in [0.1, 0.15) is 24.0 Å². The van der Waals surface area contributed by atoms with Crippen LogP contribution >= 0.6 is 0 Å². The highest BCUT2D eigenvalue weighted by atomic mass is 32.2. The predicted molar refractivity (Wildman–Crippen MR) is 125 cm³/mol. The van der Waals surface area contributed by atoms with Crippen LogP contribution in [-0.2, 0) is 10.0 Å². The predicted octanol–water partition coefficient (Wildman–Crippen LogP) is 1.85. The molecule has 34 heavy (non-hydrogen) atoms. The number of hydrogen-bond acceptors (Lipinski definition) is 7. The van der Waals surface area contributed by atoms with E-state index in [1.807, 2.05) is 13.0 Å². The molecule has 2 aromatic rings. The van der Waals surface area contributed by atoms with Gasteiger partial charge in [-0.3, -0.25) is 4.90 Å². The van der Waals surface area contributed by atoms with Gasteiger partial charge in [-0.2, -0.15) is 5.26 Å². The number of nitrogens with one attached hydrogen (secondary N) is 1. The minimum absolute atomic E-state index is 0.0520. The van der Waals surface area contributed by atoms with Crippen molar-refractivity contribution in [3.63, 3.8) is 0 Å². The Balaban J connectivity index is 1.30. The van der Waals surface area contributed by atoms with Crippen LogP contribution in [-0.4, -0.2) is 73.8 Å². The van der Waals surface area contributed by atoms with E-state index >= 15 is 0 Å². The number of aryl methyl sites for hydroxylation is 1. The first-order valence-electron chi connectivity index (χ1n) is 11.2. The molecule has 10 heteroatoms. The molecule has 2 fully saturated rings. The summed E-state index contributed by atoms with van der Waals surface area (Å²) in [7, 11) is -3.94. The zero-order chi connectivity index (χ0) is 24.3. The van der Waals surface area contributed by atoms with Crippen LogP contribution in [0.2, 0.25) is 0 Å². The Labute approximate surface area is 199 Å². The second-order valence-electron chi connectivity index (χ2n) is 8.81. The number of aliphatic hydroxyl groups is 1. The molecule has 0 aliphatic carbocycles. The van der Waals surface area contributed by atoms with Crippen molar-refractivity contribution in [1.29, 1.82) is 5.26 Å². The van der Waals surface area contributed by atoms with E-state index in [-0.39, 0.29) is 23.6 Å². The fourth-order valence-corrected chi connectivity index (χ4v) is 5.50. The number of likely N-dealkylation sites (tertiary alicyclic amines) is 1. The minimum atomic E-state index is -3.94. The Hall–Kier alpha value is -3.13. The standard InChI is InChI=1S/C24H28N4O5S/c1-17-2-10-23(11-3-17)34(31,32)26-24(30)27-13-19-6-7-20(14-27)28(19)15-21(29)16-33-22-8-4-18(12-25)5-9-22/h2-5,8-11,19-21,29H,6-7,13-16H2,1H3,(H,26,30). The van der Waals surface area contributed by atoms with Crippen LogP contribution in [0.15, 0.2) is 53.4 Å². The first-order chi connectivity index (χ1) is 16.2. The maximum Gasteiger partial charge on any atom is 0.331 e. The van der Waals surface area contributed by atoms with E-state index in [9.17, 15) is 18.3 Å². The fraction of sp³-hybridized carbons (Fsp3) is 0.417. The highest BCUT2D eigenvalue weighted by molar-refractivity contribution is 7.90. The summed E-state index contributed by atoms with van der Waals surface area (Å²) in [4.78, 5) is 16.5. The van der Waals surface area contributed by atoms with E-state index in [0.29, 0.717) is 30.9 Å². The summed E-state index contributed by atoms with van der Waals surface area (Å²) in [5.74, 6) is 0.581. The molecule has 2 amide bonds. The van der Waals surface area contributed by atoms with Gasteiger partial charge in [-0.25, -0.2) is 17.9 Å². The van der Waals surface area contributed by atoms with E-state index < -0.39 is 22.2 Å². The molecule has 2 aliphatic rings. The SMILES string of the molecule is Cc1ccc(S(=O)(=O)NC(=O)N2CC3CCC(C2)N3CC(O)COc2ccc(C#N)cc2)cc1. The number of benzene rings is 2. The van der Waals surface area contributed by atoms with Crippen LogP contribution in [0.4, 0.5) is 4.79 Å². The molecule has 2 saturated heterocycles. The number of rotatable bonds is 7. The van der Waals surface area contributed by atoms with Crippen LogP contribution in [0.3, 0.4) is 0 Å². The quantitative estimate of drug-likeness (QED) is 0.615. The molecule has 4 rings (SSSR count). The van der Waals surface area contributed by atoms with Gasteiger partial charge >= 0.3 is 6.03 Å². The number of urea groups is 1. The third-order valence-corrected chi connectivity index (χ3v) is 7.66. The van der Waals surface area contributed by atoms with Gasteiger partial charge in [0, 0.05) is 31.7 Å². The van der Waals surface area contributed by atoms with Crippen LogP contribution in [0.25, 0.3) is 0 Å². The second-order valence-corrected chi connectivity index (χ2v) is 10.5. The van der Waals surface area contributed by atoms with Gasteiger partial charge in [-0.05, 0) is 56.2 Å². The monoisotopic (exact) mass is 484 g/mol. The smallest absolute Gasteiger partial charge is 0.331 e. The van der Waals surface area contributed by atoms with Crippen molar-refractivity contribution >= 4 is 16.1 Å². The lowest BCUT2D eigenvalue weighted by Gasteiger charge is -2.41. The van der Waals surface area contributed by atoms with Crippen molar-refractivity contribution in [1.82, 2.24) is 14.5 Å². The Bertz CT molecular complexity index is 1150. The summed E-state index contributed by atoms with van der Waals surface area (Å²) in [6, 6.07) is 14.6. The molecule has 2 N–H and O–H groups in total. The normalized spacial score (nSPS) is 21.0. The van der Waals surface area contributed by atoms with Crippen LogP contribution in [0, 0.1) is 18.3 Å². The van der Waals surface area contributed by atoms with Crippen molar-refractivity contribution in [3.8, 4) is 11.8 Å². The third-order valence-electron chi connectivity index (χ3n) is 6.32. The van der Waals surface area contributed by atoms with Gasteiger partial charge in [-0.15, -0.1) is 0 Å². The molecule has 0 aromatic heterocycles. The molecular weight excluding hydrogens is 456 g/mol. The number of fused-ring (bicyclic) bond motifs is 2. The average Bonchev–Trinajstić information content (AvgIpc) is 3.04. The third kappa shape index (κ3) is 5.50. The number of piperazine rings is 1. The van der Waals surface area contributed by atoms with Crippen molar-refractivity contribution in [2.24, 2.45) is 0 Å². The van der Waals surface area contributed by atoms with Crippen molar-refractivity contribution < 1.29 is 23.1 Å². The van der Waals surface area contributed by atoms with Crippen LogP contribution in [0.5, 0.6) is 5.75 Å². The second kappa shape index (κ2) is 10.0. The molecule has 3 atom stereocenters. The molecule has 2 heterocycles. The molecule has 9 nitrogen and oxygen atoms in total. The van der Waals surface area contributed by atoms with Crippen LogP contribution < -0.4 is 9.46 Å². The summed E-state index contributed by atoms with van der Waals surface area (Å²) in [5, 5.41) is 19.4. The van der Waals surface area contributed by atoms with Crippen molar-refractivity contribution in [3.05, 3.63) is 59.7 Å². The number of amides is 2. The molecule has 2 aliphatic heterocycles. The number of sulfonamides is 1. The Morgan fingerprint density at radius 3 is 2.35 bits per heavy atom. The first kappa shape index (κ1) is 24.0. The van der Waals surface area contributed by atoms with E-state index in [0.717, 1.165) is 18.4 Å². The van der Waals surface area contributed by atoms with E-state index in [2.05, 4.69) is 9.62 Å². The maximum atomic E-state index is 12.7. The zero-order valence-electron chi connectivity index (χ0n) is 18.9. The average molecular weight is 485 g/mol. The van der Waals surface area contributed by atoms with E-state index in [4.69, 9.17) is 10.00 Å². The molecule has 0 spiro atoms. The maximum absolute atomic E-state index is 12.7. The number of nitrogens with zero attached hydrogens (tertiary/aromatic N) is 3. The van der Waals surface area contributed by atoms with Gasteiger partial charge in [0.15, 0.2) is 0 Å². The molecule has 180 valence electrons. The molecule has 0 saturated carbocycles. The molecule has 2 bridgehead atoms. The van der Waals surface area contributed by atoms with E-state index in [1.54, 1.807) is 41.3 Å². The Morgan fingerprint density at radius 1 is 1.15 bits per heavy atom. The summed E-state index contributed by atoms with van der Waals surface area (Å²) >= 11 is 0. The number of carbonyl (C=O) groups is 1. The molecular formula is C24H28N4O5S. The van der Waals surface area contributed by atoms with E-state index in [1.165, 1.54) is 12.1 Å². The number of carbonyl (C=O) groups excluding carboxylic acids is 1. The number of hydrogen-bond donors (Lipinski definition) is 2. The van der Waals surface area contributed by atoms with Crippen molar-refractivity contribution in [2.75, 3.05) is 26.2 Å². The summed E-state index contributed by atoms with van der Waals surface area (Å²) < 4.78 is 33.0. The Kier molecular flexibility index (Phi) is 7.07.